The Morgan fingerprint density at radius 2 is 1.47 bits per heavy atom. The van der Waals surface area contributed by atoms with E-state index in [0.717, 1.165) is 6.07 Å². The van der Waals surface area contributed by atoms with E-state index >= 15 is 0 Å². The molecule has 0 N–H and O–H groups in total. The second kappa shape index (κ2) is 8.52. The quantitative estimate of drug-likeness (QED) is 0.257. The van der Waals surface area contributed by atoms with Crippen LogP contribution in [0.1, 0.15) is 25.2 Å². The van der Waals surface area contributed by atoms with Crippen molar-refractivity contribution in [3.05, 3.63) is 89.9 Å². The predicted octanol–water partition coefficient (Wildman–Crippen LogP) is 4.70. The standard InChI is InChI=1S/C22H15F3N4.Pt/c1-22(2,18-8-4-6-15(27-18)16-10-12-19(23)28-16)17-7-3-5-14(26-17)13-9-11-20(24)29-21(13)25;/h3-8,10-12H,1-2H3;/q-2;+2. The van der Waals surface area contributed by atoms with Gasteiger partial charge in [0.1, 0.15) is 11.9 Å². The van der Waals surface area contributed by atoms with Gasteiger partial charge in [-0.05, 0) is 43.8 Å². The topological polar surface area (TPSA) is 52.8 Å². The summed E-state index contributed by atoms with van der Waals surface area (Å²) in [6.45, 7) is 3.85. The first-order chi connectivity index (χ1) is 13.8. The molecule has 0 aliphatic heterocycles. The molecule has 4 aromatic heterocycles. The van der Waals surface area contributed by atoms with Gasteiger partial charge in [-0.3, -0.25) is 9.97 Å². The molecule has 4 aromatic rings. The van der Waals surface area contributed by atoms with Crippen LogP contribution in [0.5, 0.6) is 0 Å². The first-order valence-electron chi connectivity index (χ1n) is 8.83. The molecule has 0 aliphatic rings. The van der Waals surface area contributed by atoms with Crippen molar-refractivity contribution in [3.8, 4) is 22.6 Å². The molecule has 4 rings (SSSR count). The predicted molar refractivity (Wildman–Crippen MR) is 101 cm³/mol. The third kappa shape index (κ3) is 4.21. The monoisotopic (exact) mass is 587 g/mol. The molecular formula is C22H15F3N4Pt. The van der Waals surface area contributed by atoms with Crippen molar-refractivity contribution in [2.24, 2.45) is 0 Å². The molecule has 0 aromatic carbocycles. The Morgan fingerprint density at radius 1 is 0.833 bits per heavy atom. The van der Waals surface area contributed by atoms with Crippen LogP contribution in [0.15, 0.2) is 54.6 Å². The Kier molecular flexibility index (Phi) is 6.22. The number of halogens is 3. The summed E-state index contributed by atoms with van der Waals surface area (Å²) >= 11 is 0. The van der Waals surface area contributed by atoms with Gasteiger partial charge in [0.2, 0.25) is 0 Å². The van der Waals surface area contributed by atoms with Crippen molar-refractivity contribution in [1.29, 1.82) is 0 Å². The smallest absolute Gasteiger partial charge is 0.632 e. The van der Waals surface area contributed by atoms with Gasteiger partial charge in [-0.1, -0.05) is 35.9 Å². The molecule has 0 saturated carbocycles. The van der Waals surface area contributed by atoms with Crippen LogP contribution >= 0.6 is 0 Å². The molecule has 154 valence electrons. The number of rotatable bonds is 4. The van der Waals surface area contributed by atoms with Gasteiger partial charge >= 0.3 is 21.1 Å². The average Bonchev–Trinajstić information content (AvgIpc) is 3.14. The molecule has 4 heterocycles. The SMILES string of the molecule is CC(C)(c1cccc(-c2ccc(F)[n-]2)n1)c1cccc(-c2[c-]cc(F)nc2F)n1.[Pt+2]. The Balaban J connectivity index is 0.00000256. The summed E-state index contributed by atoms with van der Waals surface area (Å²) in [6, 6.07) is 16.9. The zero-order chi connectivity index (χ0) is 20.6. The average molecular weight is 587 g/mol. The third-order valence-corrected chi connectivity index (χ3v) is 4.65. The van der Waals surface area contributed by atoms with E-state index in [4.69, 9.17) is 0 Å². The molecule has 0 unspecified atom stereocenters. The Hall–Kier alpha value is -2.79. The second-order valence-electron chi connectivity index (χ2n) is 6.98. The summed E-state index contributed by atoms with van der Waals surface area (Å²) in [4.78, 5) is 16.2. The fraction of sp³-hybridized carbons (Fsp3) is 0.136. The molecule has 0 saturated heterocycles. The van der Waals surface area contributed by atoms with Crippen LogP contribution < -0.4 is 4.98 Å². The Bertz CT molecular complexity index is 1190. The molecule has 8 heteroatoms. The van der Waals surface area contributed by atoms with Crippen LogP contribution in [0.4, 0.5) is 13.2 Å². The van der Waals surface area contributed by atoms with Gasteiger partial charge in [0.05, 0.1) is 5.69 Å². The molecule has 30 heavy (non-hydrogen) atoms. The van der Waals surface area contributed by atoms with Gasteiger partial charge in [-0.2, -0.15) is 0 Å². The normalized spacial score (nSPS) is 11.2. The molecule has 0 radical (unpaired) electrons. The van der Waals surface area contributed by atoms with E-state index in [0.29, 0.717) is 22.8 Å². The van der Waals surface area contributed by atoms with Crippen LogP contribution in [0.2, 0.25) is 0 Å². The van der Waals surface area contributed by atoms with E-state index < -0.39 is 23.3 Å². The minimum Gasteiger partial charge on any atom is -0.632 e. The van der Waals surface area contributed by atoms with Crippen LogP contribution in [0, 0.1) is 23.9 Å². The van der Waals surface area contributed by atoms with E-state index in [9.17, 15) is 13.2 Å². The maximum atomic E-state index is 14.1. The largest absolute Gasteiger partial charge is 2.00 e. The van der Waals surface area contributed by atoms with Crippen LogP contribution in [0.3, 0.4) is 0 Å². The summed E-state index contributed by atoms with van der Waals surface area (Å²) in [7, 11) is 0. The van der Waals surface area contributed by atoms with Crippen molar-refractivity contribution >= 4 is 0 Å². The van der Waals surface area contributed by atoms with E-state index in [-0.39, 0.29) is 32.3 Å². The molecule has 0 atom stereocenters. The Labute approximate surface area is 185 Å². The van der Waals surface area contributed by atoms with Gasteiger partial charge in [0, 0.05) is 22.8 Å². The number of pyridine rings is 3. The van der Waals surface area contributed by atoms with E-state index in [2.05, 4.69) is 26.0 Å². The van der Waals surface area contributed by atoms with Gasteiger partial charge in [0.15, 0.2) is 0 Å². The van der Waals surface area contributed by atoms with E-state index in [1.54, 1.807) is 30.3 Å². The van der Waals surface area contributed by atoms with Crippen molar-refractivity contribution in [3.63, 3.8) is 0 Å². The number of hydrogen-bond acceptors (Lipinski definition) is 3. The fourth-order valence-electron chi connectivity index (χ4n) is 3.01. The van der Waals surface area contributed by atoms with Gasteiger partial charge in [-0.25, -0.2) is 13.2 Å². The minimum atomic E-state index is -0.975. The van der Waals surface area contributed by atoms with Gasteiger partial charge in [0.25, 0.3) is 0 Å². The summed E-state index contributed by atoms with van der Waals surface area (Å²) in [6.07, 6.45) is 0. The maximum absolute atomic E-state index is 14.1. The van der Waals surface area contributed by atoms with E-state index in [1.807, 2.05) is 26.0 Å². The molecule has 0 aliphatic carbocycles. The van der Waals surface area contributed by atoms with Crippen molar-refractivity contribution < 1.29 is 34.2 Å². The van der Waals surface area contributed by atoms with Gasteiger partial charge < -0.3 is 9.97 Å². The van der Waals surface area contributed by atoms with Crippen molar-refractivity contribution in [1.82, 2.24) is 19.9 Å². The number of nitrogens with zero attached hydrogens (tertiary/aromatic N) is 4. The van der Waals surface area contributed by atoms with Gasteiger partial charge in [-0.15, -0.1) is 11.8 Å². The van der Waals surface area contributed by atoms with Crippen LogP contribution in [-0.4, -0.2) is 15.0 Å². The minimum absolute atomic E-state index is 0. The molecule has 0 fully saturated rings. The first-order valence-corrected chi connectivity index (χ1v) is 8.83. The van der Waals surface area contributed by atoms with Crippen molar-refractivity contribution in [2.75, 3.05) is 0 Å². The maximum Gasteiger partial charge on any atom is 2.00 e. The molecule has 0 amide bonds. The summed E-state index contributed by atoms with van der Waals surface area (Å²) in [5.74, 6) is -2.48. The third-order valence-electron chi connectivity index (χ3n) is 4.65. The van der Waals surface area contributed by atoms with Crippen LogP contribution in [-0.2, 0) is 26.5 Å². The zero-order valence-corrected chi connectivity index (χ0v) is 18.2. The molecular weight excluding hydrogens is 572 g/mol. The molecule has 0 spiro atoms. The molecule has 4 nitrogen and oxygen atoms in total. The molecule has 0 bridgehead atoms. The second-order valence-corrected chi connectivity index (χ2v) is 6.98. The van der Waals surface area contributed by atoms with Crippen molar-refractivity contribution in [2.45, 2.75) is 19.3 Å². The summed E-state index contributed by atoms with van der Waals surface area (Å²) in [5, 5.41) is 0. The zero-order valence-electron chi connectivity index (χ0n) is 15.9. The van der Waals surface area contributed by atoms with Crippen LogP contribution in [0.25, 0.3) is 22.6 Å². The summed E-state index contributed by atoms with van der Waals surface area (Å²) in [5.41, 5.74) is 1.91. The fourth-order valence-corrected chi connectivity index (χ4v) is 3.01. The van der Waals surface area contributed by atoms with E-state index in [1.165, 1.54) is 6.07 Å². The summed E-state index contributed by atoms with van der Waals surface area (Å²) < 4.78 is 40.4. The Morgan fingerprint density at radius 3 is 2.07 bits per heavy atom. The number of aromatic nitrogens is 4. The first kappa shape index (κ1) is 21.9. The number of hydrogen-bond donors (Lipinski definition) is 0.